The van der Waals surface area contributed by atoms with Crippen molar-refractivity contribution in [3.05, 3.63) is 34.6 Å². The van der Waals surface area contributed by atoms with Gasteiger partial charge in [-0.3, -0.25) is 0 Å². The molecular weight excluding hydrogens is 213 g/mol. The maximum absolute atomic E-state index is 13.1. The van der Waals surface area contributed by atoms with E-state index in [9.17, 15) is 4.39 Å². The molecule has 15 heavy (non-hydrogen) atoms. The van der Waals surface area contributed by atoms with Gasteiger partial charge in [0.2, 0.25) is 0 Å². The van der Waals surface area contributed by atoms with Gasteiger partial charge < -0.3 is 5.73 Å². The minimum atomic E-state index is -0.300. The Balaban J connectivity index is 2.20. The first-order valence-corrected chi connectivity index (χ1v) is 5.76. The SMILES string of the molecule is N[C@H](c1cc(F)cc(Cl)c1)C1CCCC1. The van der Waals surface area contributed by atoms with Gasteiger partial charge in [0.25, 0.3) is 0 Å². The van der Waals surface area contributed by atoms with Gasteiger partial charge in [0, 0.05) is 11.1 Å². The van der Waals surface area contributed by atoms with Gasteiger partial charge in [0.15, 0.2) is 0 Å². The van der Waals surface area contributed by atoms with E-state index in [4.69, 9.17) is 17.3 Å². The molecule has 1 nitrogen and oxygen atoms in total. The second-order valence-corrected chi connectivity index (χ2v) is 4.71. The molecular formula is C12H15ClFN. The number of halogens is 2. The molecule has 0 amide bonds. The zero-order chi connectivity index (χ0) is 10.8. The summed E-state index contributed by atoms with van der Waals surface area (Å²) in [6.07, 6.45) is 4.77. The summed E-state index contributed by atoms with van der Waals surface area (Å²) < 4.78 is 13.1. The molecule has 0 radical (unpaired) electrons. The molecule has 0 unspecified atom stereocenters. The highest BCUT2D eigenvalue weighted by Gasteiger charge is 2.23. The van der Waals surface area contributed by atoms with Crippen molar-refractivity contribution in [2.24, 2.45) is 11.7 Å². The Labute approximate surface area is 94.4 Å². The fraction of sp³-hybridized carbons (Fsp3) is 0.500. The van der Waals surface area contributed by atoms with E-state index < -0.39 is 0 Å². The van der Waals surface area contributed by atoms with Gasteiger partial charge in [-0.2, -0.15) is 0 Å². The van der Waals surface area contributed by atoms with Crippen LogP contribution in [0.3, 0.4) is 0 Å². The standard InChI is InChI=1S/C12H15ClFN/c13-10-5-9(6-11(14)7-10)12(15)8-3-1-2-4-8/h5-8,12H,1-4,15H2/t12-/m0/s1. The Morgan fingerprint density at radius 2 is 1.93 bits per heavy atom. The lowest BCUT2D eigenvalue weighted by atomic mass is 9.92. The average molecular weight is 228 g/mol. The Kier molecular flexibility index (Phi) is 3.27. The largest absolute Gasteiger partial charge is 0.324 e. The van der Waals surface area contributed by atoms with Crippen molar-refractivity contribution in [3.8, 4) is 0 Å². The van der Waals surface area contributed by atoms with Gasteiger partial charge in [-0.15, -0.1) is 0 Å². The van der Waals surface area contributed by atoms with Crippen LogP contribution in [0, 0.1) is 11.7 Å². The Morgan fingerprint density at radius 3 is 2.53 bits per heavy atom. The predicted molar refractivity (Wildman–Crippen MR) is 60.3 cm³/mol. The monoisotopic (exact) mass is 227 g/mol. The van der Waals surface area contributed by atoms with Crippen molar-refractivity contribution in [2.75, 3.05) is 0 Å². The minimum absolute atomic E-state index is 0.0688. The predicted octanol–water partition coefficient (Wildman–Crippen LogP) is 3.67. The minimum Gasteiger partial charge on any atom is -0.324 e. The van der Waals surface area contributed by atoms with E-state index in [1.807, 2.05) is 0 Å². The van der Waals surface area contributed by atoms with Gasteiger partial charge in [-0.05, 0) is 42.5 Å². The van der Waals surface area contributed by atoms with E-state index in [0.29, 0.717) is 10.9 Å². The van der Waals surface area contributed by atoms with Crippen LogP contribution in [0.1, 0.15) is 37.3 Å². The first-order valence-electron chi connectivity index (χ1n) is 5.38. The lowest BCUT2D eigenvalue weighted by Crippen LogP contribution is -2.19. The van der Waals surface area contributed by atoms with Crippen LogP contribution in [0.2, 0.25) is 5.02 Å². The third-order valence-corrected chi connectivity index (χ3v) is 3.40. The fourth-order valence-corrected chi connectivity index (χ4v) is 2.59. The van der Waals surface area contributed by atoms with Crippen LogP contribution < -0.4 is 5.73 Å². The van der Waals surface area contributed by atoms with E-state index >= 15 is 0 Å². The number of hydrogen-bond donors (Lipinski definition) is 1. The molecule has 0 aromatic heterocycles. The summed E-state index contributed by atoms with van der Waals surface area (Å²) in [6.45, 7) is 0. The molecule has 1 fully saturated rings. The lowest BCUT2D eigenvalue weighted by molar-refractivity contribution is 0.443. The van der Waals surface area contributed by atoms with E-state index in [1.165, 1.54) is 25.0 Å². The third kappa shape index (κ3) is 2.50. The van der Waals surface area contributed by atoms with Crippen molar-refractivity contribution in [3.63, 3.8) is 0 Å². The van der Waals surface area contributed by atoms with Crippen molar-refractivity contribution >= 4 is 11.6 Å². The average Bonchev–Trinajstić information content (AvgIpc) is 2.67. The first-order chi connectivity index (χ1) is 7.16. The molecule has 3 heteroatoms. The van der Waals surface area contributed by atoms with Crippen LogP contribution in [-0.2, 0) is 0 Å². The quantitative estimate of drug-likeness (QED) is 0.820. The van der Waals surface area contributed by atoms with Crippen LogP contribution in [-0.4, -0.2) is 0 Å². The Hall–Kier alpha value is -0.600. The summed E-state index contributed by atoms with van der Waals surface area (Å²) in [7, 11) is 0. The number of benzene rings is 1. The maximum Gasteiger partial charge on any atom is 0.125 e. The summed E-state index contributed by atoms with van der Waals surface area (Å²) in [6, 6.07) is 4.51. The van der Waals surface area contributed by atoms with Crippen molar-refractivity contribution in [2.45, 2.75) is 31.7 Å². The number of hydrogen-bond acceptors (Lipinski definition) is 1. The highest BCUT2D eigenvalue weighted by molar-refractivity contribution is 6.30. The number of rotatable bonds is 2. The Bertz CT molecular complexity index is 327. The van der Waals surface area contributed by atoms with E-state index in [1.54, 1.807) is 6.07 Å². The molecule has 1 aromatic carbocycles. The zero-order valence-corrected chi connectivity index (χ0v) is 9.30. The van der Waals surface area contributed by atoms with Crippen LogP contribution in [0.5, 0.6) is 0 Å². The highest BCUT2D eigenvalue weighted by atomic mass is 35.5. The van der Waals surface area contributed by atoms with Gasteiger partial charge >= 0.3 is 0 Å². The molecule has 0 spiro atoms. The molecule has 1 atom stereocenters. The van der Waals surface area contributed by atoms with Crippen molar-refractivity contribution in [1.82, 2.24) is 0 Å². The Morgan fingerprint density at radius 1 is 1.27 bits per heavy atom. The fourth-order valence-electron chi connectivity index (χ4n) is 2.36. The van der Waals surface area contributed by atoms with Crippen LogP contribution in [0.25, 0.3) is 0 Å². The molecule has 1 aliphatic rings. The van der Waals surface area contributed by atoms with Crippen LogP contribution in [0.15, 0.2) is 18.2 Å². The molecule has 1 saturated carbocycles. The topological polar surface area (TPSA) is 26.0 Å². The molecule has 0 aliphatic heterocycles. The molecule has 2 rings (SSSR count). The highest BCUT2D eigenvalue weighted by Crippen LogP contribution is 2.34. The molecule has 0 heterocycles. The van der Waals surface area contributed by atoms with Gasteiger partial charge in [-0.1, -0.05) is 24.4 Å². The molecule has 2 N–H and O–H groups in total. The third-order valence-electron chi connectivity index (χ3n) is 3.18. The second kappa shape index (κ2) is 4.50. The van der Waals surface area contributed by atoms with Gasteiger partial charge in [0.05, 0.1) is 0 Å². The molecule has 0 bridgehead atoms. The van der Waals surface area contributed by atoms with Crippen molar-refractivity contribution < 1.29 is 4.39 Å². The van der Waals surface area contributed by atoms with E-state index in [-0.39, 0.29) is 11.9 Å². The smallest absolute Gasteiger partial charge is 0.125 e. The van der Waals surface area contributed by atoms with Gasteiger partial charge in [0.1, 0.15) is 5.82 Å². The molecule has 0 saturated heterocycles. The second-order valence-electron chi connectivity index (χ2n) is 4.27. The maximum atomic E-state index is 13.1. The summed E-state index contributed by atoms with van der Waals surface area (Å²) >= 11 is 5.81. The van der Waals surface area contributed by atoms with Crippen molar-refractivity contribution in [1.29, 1.82) is 0 Å². The van der Waals surface area contributed by atoms with E-state index in [2.05, 4.69) is 0 Å². The zero-order valence-electron chi connectivity index (χ0n) is 8.55. The molecule has 1 aliphatic carbocycles. The summed E-state index contributed by atoms with van der Waals surface area (Å²) in [4.78, 5) is 0. The van der Waals surface area contributed by atoms with E-state index in [0.717, 1.165) is 18.4 Å². The molecule has 1 aromatic rings. The van der Waals surface area contributed by atoms with Gasteiger partial charge in [-0.25, -0.2) is 4.39 Å². The molecule has 82 valence electrons. The first kappa shape index (κ1) is 10.9. The summed E-state index contributed by atoms with van der Waals surface area (Å²) in [5, 5.41) is 0.429. The van der Waals surface area contributed by atoms with Crippen LogP contribution >= 0.6 is 11.6 Å². The van der Waals surface area contributed by atoms with Crippen LogP contribution in [0.4, 0.5) is 4.39 Å². The summed E-state index contributed by atoms with van der Waals surface area (Å²) in [5.41, 5.74) is 6.94. The number of nitrogens with two attached hydrogens (primary N) is 1. The summed E-state index contributed by atoms with van der Waals surface area (Å²) in [5.74, 6) is 0.189. The lowest BCUT2D eigenvalue weighted by Gasteiger charge is -2.19. The normalized spacial score (nSPS) is 19.4.